The second-order valence-corrected chi connectivity index (χ2v) is 4.87. The molecule has 0 aliphatic heterocycles. The molecule has 0 atom stereocenters. The van der Waals surface area contributed by atoms with Crippen LogP contribution in [0, 0.1) is 5.82 Å². The van der Waals surface area contributed by atoms with Crippen LogP contribution in [0.2, 0.25) is 0 Å². The van der Waals surface area contributed by atoms with Gasteiger partial charge in [0, 0.05) is 5.56 Å². The summed E-state index contributed by atoms with van der Waals surface area (Å²) in [5.74, 6) is 0.736. The lowest BCUT2D eigenvalue weighted by Crippen LogP contribution is -1.98. The lowest BCUT2D eigenvalue weighted by molar-refractivity contribution is 0.290. The molecule has 3 aromatic rings. The number of hydrogen-bond donors (Lipinski definition) is 0. The first kappa shape index (κ1) is 15.0. The fourth-order valence-electron chi connectivity index (χ4n) is 2.06. The van der Waals surface area contributed by atoms with Crippen molar-refractivity contribution in [2.75, 3.05) is 7.11 Å². The van der Waals surface area contributed by atoms with Crippen LogP contribution in [0.4, 0.5) is 4.39 Å². The molecule has 0 saturated heterocycles. The smallest absolute Gasteiger partial charge is 0.165 e. The number of methoxy groups -OCH3 is 1. The largest absolute Gasteiger partial charge is 0.494 e. The van der Waals surface area contributed by atoms with Gasteiger partial charge in [0.15, 0.2) is 23.1 Å². The molecule has 116 valence electrons. The van der Waals surface area contributed by atoms with Gasteiger partial charge in [0.25, 0.3) is 0 Å². The molecule has 0 aliphatic rings. The Morgan fingerprint density at radius 1 is 1.00 bits per heavy atom. The third-order valence-corrected chi connectivity index (χ3v) is 3.29. The third-order valence-electron chi connectivity index (χ3n) is 3.29. The normalized spacial score (nSPS) is 10.3. The Morgan fingerprint density at radius 2 is 1.74 bits per heavy atom. The van der Waals surface area contributed by atoms with Crippen molar-refractivity contribution in [1.29, 1.82) is 0 Å². The van der Waals surface area contributed by atoms with E-state index in [1.54, 1.807) is 24.5 Å². The molecule has 2 aromatic carbocycles. The van der Waals surface area contributed by atoms with Crippen LogP contribution < -0.4 is 9.47 Å². The van der Waals surface area contributed by atoms with Gasteiger partial charge in [0.1, 0.15) is 6.61 Å². The van der Waals surface area contributed by atoms with Gasteiger partial charge in [-0.1, -0.05) is 30.3 Å². The maximum absolute atomic E-state index is 14.2. The van der Waals surface area contributed by atoms with E-state index in [1.165, 1.54) is 13.2 Å². The van der Waals surface area contributed by atoms with E-state index in [9.17, 15) is 4.39 Å². The SMILES string of the molecule is COc1cnc(-c2ccc(OCc3ccccc3)c(F)c2)nc1. The molecular formula is C18H15FN2O2. The van der Waals surface area contributed by atoms with Crippen molar-refractivity contribution in [3.05, 3.63) is 72.3 Å². The van der Waals surface area contributed by atoms with Crippen molar-refractivity contribution < 1.29 is 13.9 Å². The molecule has 4 nitrogen and oxygen atoms in total. The van der Waals surface area contributed by atoms with Gasteiger partial charge in [0.05, 0.1) is 19.5 Å². The van der Waals surface area contributed by atoms with E-state index >= 15 is 0 Å². The molecule has 0 fully saturated rings. The summed E-state index contributed by atoms with van der Waals surface area (Å²) >= 11 is 0. The van der Waals surface area contributed by atoms with Gasteiger partial charge in [-0.2, -0.15) is 0 Å². The molecule has 1 aromatic heterocycles. The van der Waals surface area contributed by atoms with Crippen LogP contribution in [0.1, 0.15) is 5.56 Å². The monoisotopic (exact) mass is 310 g/mol. The van der Waals surface area contributed by atoms with E-state index in [0.717, 1.165) is 5.56 Å². The van der Waals surface area contributed by atoms with Crippen molar-refractivity contribution in [3.63, 3.8) is 0 Å². The van der Waals surface area contributed by atoms with E-state index in [1.807, 2.05) is 30.3 Å². The number of rotatable bonds is 5. The number of hydrogen-bond acceptors (Lipinski definition) is 4. The van der Waals surface area contributed by atoms with E-state index in [0.29, 0.717) is 23.7 Å². The summed E-state index contributed by atoms with van der Waals surface area (Å²) in [7, 11) is 1.54. The van der Waals surface area contributed by atoms with E-state index in [4.69, 9.17) is 9.47 Å². The van der Waals surface area contributed by atoms with Gasteiger partial charge in [0.2, 0.25) is 0 Å². The topological polar surface area (TPSA) is 44.2 Å². The highest BCUT2D eigenvalue weighted by atomic mass is 19.1. The first-order valence-electron chi connectivity index (χ1n) is 7.09. The molecule has 0 bridgehead atoms. The van der Waals surface area contributed by atoms with Crippen LogP contribution in [0.25, 0.3) is 11.4 Å². The minimum atomic E-state index is -0.446. The average Bonchev–Trinajstić information content (AvgIpc) is 2.61. The minimum absolute atomic E-state index is 0.200. The van der Waals surface area contributed by atoms with Crippen LogP contribution in [0.15, 0.2) is 60.9 Å². The number of benzene rings is 2. The molecule has 0 amide bonds. The van der Waals surface area contributed by atoms with Crippen LogP contribution in [-0.2, 0) is 6.61 Å². The molecule has 0 aliphatic carbocycles. The van der Waals surface area contributed by atoms with E-state index in [-0.39, 0.29) is 5.75 Å². The molecule has 23 heavy (non-hydrogen) atoms. The zero-order valence-electron chi connectivity index (χ0n) is 12.6. The molecular weight excluding hydrogens is 295 g/mol. The first-order valence-corrected chi connectivity index (χ1v) is 7.09. The maximum Gasteiger partial charge on any atom is 0.165 e. The molecule has 0 N–H and O–H groups in total. The summed E-state index contributed by atoms with van der Waals surface area (Å²) in [5.41, 5.74) is 1.56. The lowest BCUT2D eigenvalue weighted by atomic mass is 10.2. The van der Waals surface area contributed by atoms with Gasteiger partial charge >= 0.3 is 0 Å². The van der Waals surface area contributed by atoms with Crippen molar-refractivity contribution in [2.24, 2.45) is 0 Å². The van der Waals surface area contributed by atoms with Crippen molar-refractivity contribution in [1.82, 2.24) is 9.97 Å². The Balaban J connectivity index is 1.74. The quantitative estimate of drug-likeness (QED) is 0.717. The zero-order valence-corrected chi connectivity index (χ0v) is 12.6. The summed E-state index contributed by atoms with van der Waals surface area (Å²) in [5, 5.41) is 0. The van der Waals surface area contributed by atoms with Crippen molar-refractivity contribution in [3.8, 4) is 22.9 Å². The van der Waals surface area contributed by atoms with Gasteiger partial charge < -0.3 is 9.47 Å². The molecule has 5 heteroatoms. The van der Waals surface area contributed by atoms with Crippen LogP contribution >= 0.6 is 0 Å². The Bertz CT molecular complexity index is 777. The van der Waals surface area contributed by atoms with Crippen LogP contribution in [0.3, 0.4) is 0 Å². The fourth-order valence-corrected chi connectivity index (χ4v) is 2.06. The summed E-state index contributed by atoms with van der Waals surface area (Å²) in [6, 6.07) is 14.3. The van der Waals surface area contributed by atoms with Gasteiger partial charge in [-0.3, -0.25) is 0 Å². The fraction of sp³-hybridized carbons (Fsp3) is 0.111. The minimum Gasteiger partial charge on any atom is -0.494 e. The predicted molar refractivity (Wildman–Crippen MR) is 84.8 cm³/mol. The summed E-state index contributed by atoms with van der Waals surface area (Å²) < 4.78 is 24.7. The van der Waals surface area contributed by atoms with Gasteiger partial charge in [-0.05, 0) is 23.8 Å². The number of aromatic nitrogens is 2. The Kier molecular flexibility index (Phi) is 4.47. The van der Waals surface area contributed by atoms with Crippen LogP contribution in [0.5, 0.6) is 11.5 Å². The Labute approximate surface area is 133 Å². The van der Waals surface area contributed by atoms with Crippen LogP contribution in [-0.4, -0.2) is 17.1 Å². The second kappa shape index (κ2) is 6.87. The number of nitrogens with zero attached hydrogens (tertiary/aromatic N) is 2. The highest BCUT2D eigenvalue weighted by Gasteiger charge is 2.08. The Hall–Kier alpha value is -2.95. The zero-order chi connectivity index (χ0) is 16.1. The first-order chi connectivity index (χ1) is 11.3. The average molecular weight is 310 g/mol. The summed E-state index contributed by atoms with van der Waals surface area (Å²) in [4.78, 5) is 8.28. The molecule has 1 heterocycles. The highest BCUT2D eigenvalue weighted by Crippen LogP contribution is 2.24. The number of ether oxygens (including phenoxy) is 2. The van der Waals surface area contributed by atoms with Crippen molar-refractivity contribution >= 4 is 0 Å². The number of halogens is 1. The van der Waals surface area contributed by atoms with Gasteiger partial charge in [-0.25, -0.2) is 14.4 Å². The van der Waals surface area contributed by atoms with Crippen molar-refractivity contribution in [2.45, 2.75) is 6.61 Å². The molecule has 0 unspecified atom stereocenters. The Morgan fingerprint density at radius 3 is 2.39 bits per heavy atom. The lowest BCUT2D eigenvalue weighted by Gasteiger charge is -2.08. The summed E-state index contributed by atoms with van der Waals surface area (Å²) in [6.45, 7) is 0.316. The standard InChI is InChI=1S/C18H15FN2O2/c1-22-15-10-20-18(21-11-15)14-7-8-17(16(19)9-14)23-12-13-5-3-2-4-6-13/h2-11H,12H2,1H3. The second-order valence-electron chi connectivity index (χ2n) is 4.87. The highest BCUT2D eigenvalue weighted by molar-refractivity contribution is 5.56. The molecule has 0 radical (unpaired) electrons. The molecule has 0 saturated carbocycles. The molecule has 0 spiro atoms. The molecule has 3 rings (SSSR count). The summed E-state index contributed by atoms with van der Waals surface area (Å²) in [6.07, 6.45) is 3.08. The predicted octanol–water partition coefficient (Wildman–Crippen LogP) is 3.87. The van der Waals surface area contributed by atoms with E-state index in [2.05, 4.69) is 9.97 Å². The maximum atomic E-state index is 14.2. The van der Waals surface area contributed by atoms with Gasteiger partial charge in [-0.15, -0.1) is 0 Å². The third kappa shape index (κ3) is 3.63. The van der Waals surface area contributed by atoms with E-state index < -0.39 is 5.82 Å².